The lowest BCUT2D eigenvalue weighted by atomic mass is 10.0. The zero-order valence-corrected chi connectivity index (χ0v) is 11.2. The van der Waals surface area contributed by atoms with Gasteiger partial charge in [-0.25, -0.2) is 0 Å². The lowest BCUT2D eigenvalue weighted by Crippen LogP contribution is -2.17. The van der Waals surface area contributed by atoms with Crippen molar-refractivity contribution in [1.29, 1.82) is 0 Å². The van der Waals surface area contributed by atoms with Crippen molar-refractivity contribution < 1.29 is 19.4 Å². The second-order valence-corrected chi connectivity index (χ2v) is 4.55. The molecule has 0 aromatic heterocycles. The van der Waals surface area contributed by atoms with E-state index in [2.05, 4.69) is 5.32 Å². The van der Waals surface area contributed by atoms with Gasteiger partial charge in [-0.05, 0) is 12.0 Å². The van der Waals surface area contributed by atoms with Crippen LogP contribution >= 0.6 is 0 Å². The van der Waals surface area contributed by atoms with Gasteiger partial charge in [0.25, 0.3) is 0 Å². The minimum absolute atomic E-state index is 0.00681. The molecule has 0 heterocycles. The largest absolute Gasteiger partial charge is 0.481 e. The van der Waals surface area contributed by atoms with Crippen LogP contribution in [0.25, 0.3) is 0 Å². The van der Waals surface area contributed by atoms with E-state index in [1.54, 1.807) is 20.1 Å². The van der Waals surface area contributed by atoms with E-state index in [0.29, 0.717) is 12.3 Å². The molecule has 0 aliphatic rings. The zero-order chi connectivity index (χ0) is 14.3. The Morgan fingerprint density at radius 1 is 1.32 bits per heavy atom. The molecule has 0 aliphatic carbocycles. The van der Waals surface area contributed by atoms with Crippen LogP contribution in [0.4, 0.5) is 5.69 Å². The van der Waals surface area contributed by atoms with Gasteiger partial charge in [0.1, 0.15) is 0 Å². The van der Waals surface area contributed by atoms with Crippen molar-refractivity contribution in [2.24, 2.45) is 5.92 Å². The highest BCUT2D eigenvalue weighted by atomic mass is 16.5. The number of carbonyl (C=O) groups excluding carboxylic acids is 1. The topological polar surface area (TPSA) is 75.6 Å². The Morgan fingerprint density at radius 3 is 2.63 bits per heavy atom. The van der Waals surface area contributed by atoms with Crippen molar-refractivity contribution in [3.8, 4) is 0 Å². The molecular formula is C14H19NO4. The van der Waals surface area contributed by atoms with Gasteiger partial charge in [0.15, 0.2) is 0 Å². The number of aliphatic carboxylic acids is 1. The van der Waals surface area contributed by atoms with Gasteiger partial charge >= 0.3 is 5.97 Å². The quantitative estimate of drug-likeness (QED) is 0.793. The molecule has 2 N–H and O–H groups in total. The molecule has 5 nitrogen and oxygen atoms in total. The number of amides is 1. The molecular weight excluding hydrogens is 246 g/mol. The van der Waals surface area contributed by atoms with Crippen LogP contribution in [-0.4, -0.2) is 24.1 Å². The van der Waals surface area contributed by atoms with Crippen LogP contribution in [-0.2, 0) is 20.9 Å². The summed E-state index contributed by atoms with van der Waals surface area (Å²) in [6.45, 7) is 2.16. The highest BCUT2D eigenvalue weighted by Gasteiger charge is 2.13. The highest BCUT2D eigenvalue weighted by Crippen LogP contribution is 2.17. The fourth-order valence-electron chi connectivity index (χ4n) is 1.81. The van der Waals surface area contributed by atoms with Gasteiger partial charge in [0.2, 0.25) is 5.91 Å². The normalized spacial score (nSPS) is 11.9. The summed E-state index contributed by atoms with van der Waals surface area (Å²) >= 11 is 0. The van der Waals surface area contributed by atoms with Crippen molar-refractivity contribution in [1.82, 2.24) is 0 Å². The molecule has 104 valence electrons. The predicted octanol–water partition coefficient (Wildman–Crippen LogP) is 2.27. The summed E-state index contributed by atoms with van der Waals surface area (Å²) in [5.41, 5.74) is 1.60. The third kappa shape index (κ3) is 5.52. The van der Waals surface area contributed by atoms with E-state index in [0.717, 1.165) is 5.56 Å². The molecule has 0 aliphatic heterocycles. The number of nitrogens with one attached hydrogen (secondary N) is 1. The highest BCUT2D eigenvalue weighted by molar-refractivity contribution is 5.91. The van der Waals surface area contributed by atoms with E-state index in [-0.39, 0.29) is 24.7 Å². The van der Waals surface area contributed by atoms with Crippen molar-refractivity contribution >= 4 is 17.6 Å². The Bertz CT molecular complexity index is 445. The van der Waals surface area contributed by atoms with Crippen LogP contribution in [0, 0.1) is 5.92 Å². The molecule has 1 amide bonds. The van der Waals surface area contributed by atoms with Crippen molar-refractivity contribution in [3.63, 3.8) is 0 Å². The van der Waals surface area contributed by atoms with Crippen molar-refractivity contribution in [2.75, 3.05) is 12.4 Å². The first kappa shape index (κ1) is 15.2. The maximum Gasteiger partial charge on any atom is 0.303 e. The first-order chi connectivity index (χ1) is 9.02. The third-order valence-electron chi connectivity index (χ3n) is 2.65. The molecule has 0 spiro atoms. The van der Waals surface area contributed by atoms with Gasteiger partial charge in [0, 0.05) is 31.2 Å². The summed E-state index contributed by atoms with van der Waals surface area (Å²) in [7, 11) is 1.59. The van der Waals surface area contributed by atoms with Crippen LogP contribution in [0.5, 0.6) is 0 Å². The van der Waals surface area contributed by atoms with E-state index >= 15 is 0 Å². The summed E-state index contributed by atoms with van der Waals surface area (Å²) in [4.78, 5) is 22.4. The second kappa shape index (κ2) is 7.53. The number of carboxylic acids is 1. The number of methoxy groups -OCH3 is 1. The summed E-state index contributed by atoms with van der Waals surface area (Å²) in [5.74, 6) is -1.26. The summed E-state index contributed by atoms with van der Waals surface area (Å²) in [5, 5.41) is 11.4. The monoisotopic (exact) mass is 265 g/mol. The number of benzene rings is 1. The number of rotatable bonds is 7. The van der Waals surface area contributed by atoms with Gasteiger partial charge in [-0.2, -0.15) is 0 Å². The average Bonchev–Trinajstić information content (AvgIpc) is 2.30. The number of hydrogen-bond acceptors (Lipinski definition) is 3. The first-order valence-corrected chi connectivity index (χ1v) is 6.11. The Hall–Kier alpha value is -1.88. The van der Waals surface area contributed by atoms with Crippen LogP contribution in [0.3, 0.4) is 0 Å². The number of ether oxygens (including phenoxy) is 1. The molecule has 19 heavy (non-hydrogen) atoms. The predicted molar refractivity (Wildman–Crippen MR) is 71.8 cm³/mol. The molecule has 0 saturated heterocycles. The average molecular weight is 265 g/mol. The van der Waals surface area contributed by atoms with Gasteiger partial charge in [-0.1, -0.05) is 25.1 Å². The summed E-state index contributed by atoms with van der Waals surface area (Å²) in [6, 6.07) is 7.38. The summed E-state index contributed by atoms with van der Waals surface area (Å²) < 4.78 is 5.05. The molecule has 1 unspecified atom stereocenters. The van der Waals surface area contributed by atoms with E-state index in [1.807, 2.05) is 18.2 Å². The summed E-state index contributed by atoms with van der Waals surface area (Å²) in [6.07, 6.45) is 0.181. The Kier molecular flexibility index (Phi) is 6.02. The van der Waals surface area contributed by atoms with Gasteiger partial charge in [0.05, 0.1) is 6.61 Å². The van der Waals surface area contributed by atoms with Crippen LogP contribution in [0.2, 0.25) is 0 Å². The number of anilines is 1. The fourth-order valence-corrected chi connectivity index (χ4v) is 1.81. The van der Waals surface area contributed by atoms with Crippen LogP contribution < -0.4 is 5.32 Å². The molecule has 0 saturated carbocycles. The Morgan fingerprint density at radius 2 is 2.00 bits per heavy atom. The first-order valence-electron chi connectivity index (χ1n) is 6.11. The number of carbonyl (C=O) groups is 2. The minimum Gasteiger partial charge on any atom is -0.481 e. The molecule has 1 aromatic rings. The maximum absolute atomic E-state index is 11.8. The lowest BCUT2D eigenvalue weighted by Gasteiger charge is -2.12. The van der Waals surface area contributed by atoms with Gasteiger partial charge < -0.3 is 15.2 Å². The molecule has 1 rings (SSSR count). The zero-order valence-electron chi connectivity index (χ0n) is 11.2. The standard InChI is InChI=1S/C14H19NO4/c1-10(8-14(17)18)7-13(16)15-12-6-4-3-5-11(12)9-19-2/h3-6,10H,7-9H2,1-2H3,(H,15,16)(H,17,18). The van der Waals surface area contributed by atoms with Crippen molar-refractivity contribution in [3.05, 3.63) is 29.8 Å². The SMILES string of the molecule is COCc1ccccc1NC(=O)CC(C)CC(=O)O. The molecule has 0 bridgehead atoms. The maximum atomic E-state index is 11.8. The van der Waals surface area contributed by atoms with E-state index in [1.165, 1.54) is 0 Å². The number of carboxylic acid groups (broad SMARTS) is 1. The van der Waals surface area contributed by atoms with Gasteiger partial charge in [-0.15, -0.1) is 0 Å². The number of para-hydroxylation sites is 1. The minimum atomic E-state index is -0.889. The Labute approximate surface area is 112 Å². The van der Waals surface area contributed by atoms with Crippen LogP contribution in [0.15, 0.2) is 24.3 Å². The van der Waals surface area contributed by atoms with Crippen LogP contribution in [0.1, 0.15) is 25.3 Å². The Balaban J connectivity index is 2.59. The fraction of sp³-hybridized carbons (Fsp3) is 0.429. The van der Waals surface area contributed by atoms with E-state index in [9.17, 15) is 9.59 Å². The van der Waals surface area contributed by atoms with Crippen molar-refractivity contribution in [2.45, 2.75) is 26.4 Å². The second-order valence-electron chi connectivity index (χ2n) is 4.55. The van der Waals surface area contributed by atoms with E-state index in [4.69, 9.17) is 9.84 Å². The molecule has 1 aromatic carbocycles. The van der Waals surface area contributed by atoms with Gasteiger partial charge in [-0.3, -0.25) is 9.59 Å². The molecule has 1 atom stereocenters. The van der Waals surface area contributed by atoms with E-state index < -0.39 is 5.97 Å². The smallest absolute Gasteiger partial charge is 0.303 e. The number of hydrogen-bond donors (Lipinski definition) is 2. The molecule has 5 heteroatoms. The lowest BCUT2D eigenvalue weighted by molar-refractivity contribution is -0.138. The molecule has 0 radical (unpaired) electrons. The third-order valence-corrected chi connectivity index (χ3v) is 2.65. The molecule has 0 fully saturated rings.